The summed E-state index contributed by atoms with van der Waals surface area (Å²) < 4.78 is 27.8. The highest BCUT2D eigenvalue weighted by Gasteiger charge is 2.34. The van der Waals surface area contributed by atoms with Crippen LogP contribution in [0.2, 0.25) is 0 Å². The van der Waals surface area contributed by atoms with E-state index in [4.69, 9.17) is 5.73 Å². The lowest BCUT2D eigenvalue weighted by Gasteiger charge is -2.26. The summed E-state index contributed by atoms with van der Waals surface area (Å²) in [6.07, 6.45) is 6.43. The van der Waals surface area contributed by atoms with E-state index in [-0.39, 0.29) is 11.9 Å². The van der Waals surface area contributed by atoms with Crippen LogP contribution in [0.3, 0.4) is 0 Å². The highest BCUT2D eigenvalue weighted by atomic mass is 19.1. The van der Waals surface area contributed by atoms with Crippen molar-refractivity contribution < 1.29 is 13.6 Å². The van der Waals surface area contributed by atoms with Gasteiger partial charge < -0.3 is 16.0 Å². The molecule has 2 aromatic rings. The van der Waals surface area contributed by atoms with Gasteiger partial charge in [-0.1, -0.05) is 12.8 Å². The van der Waals surface area contributed by atoms with Crippen molar-refractivity contribution in [2.75, 3.05) is 18.0 Å². The number of nitrogens with two attached hydrogens (primary N) is 1. The molecule has 1 atom stereocenters. The van der Waals surface area contributed by atoms with Crippen molar-refractivity contribution in [3.05, 3.63) is 47.7 Å². The number of anilines is 1. The number of nitrogens with zero attached hydrogens (tertiary/aromatic N) is 2. The fourth-order valence-electron chi connectivity index (χ4n) is 4.37. The number of hydrogen-bond donors (Lipinski definition) is 2. The van der Waals surface area contributed by atoms with Crippen LogP contribution in [0, 0.1) is 11.6 Å². The van der Waals surface area contributed by atoms with Gasteiger partial charge in [0.05, 0.1) is 16.9 Å². The molecule has 1 saturated carbocycles. The fraction of sp³-hybridized carbons (Fsp3) is 0.455. The zero-order valence-corrected chi connectivity index (χ0v) is 16.5. The number of pyridine rings is 1. The Morgan fingerprint density at radius 1 is 1.24 bits per heavy atom. The molecule has 1 aliphatic carbocycles. The number of amides is 1. The first-order valence-electron chi connectivity index (χ1n) is 10.1. The lowest BCUT2D eigenvalue weighted by atomic mass is 10.0. The van der Waals surface area contributed by atoms with Crippen LogP contribution in [0.5, 0.6) is 0 Å². The van der Waals surface area contributed by atoms with Gasteiger partial charge in [-0.05, 0) is 44.4 Å². The molecule has 154 valence electrons. The molecule has 0 spiro atoms. The quantitative estimate of drug-likeness (QED) is 0.822. The number of rotatable bonds is 4. The van der Waals surface area contributed by atoms with Gasteiger partial charge in [-0.2, -0.15) is 0 Å². The average Bonchev–Trinajstić information content (AvgIpc) is 3.29. The normalized spacial score (nSPS) is 22.3. The molecule has 2 heterocycles. The summed E-state index contributed by atoms with van der Waals surface area (Å²) in [4.78, 5) is 19.5. The maximum absolute atomic E-state index is 13.9. The number of nitrogens with one attached hydrogen (secondary N) is 1. The molecule has 0 radical (unpaired) electrons. The minimum atomic E-state index is -0.682. The summed E-state index contributed by atoms with van der Waals surface area (Å²) in [7, 11) is 0. The van der Waals surface area contributed by atoms with Crippen LogP contribution < -0.4 is 16.0 Å². The Morgan fingerprint density at radius 3 is 2.55 bits per heavy atom. The largest absolute Gasteiger partial charge is 0.367 e. The minimum absolute atomic E-state index is 0.164. The molecule has 5 nitrogen and oxygen atoms in total. The highest BCUT2D eigenvalue weighted by molar-refractivity contribution is 6.03. The Labute approximate surface area is 169 Å². The molecule has 29 heavy (non-hydrogen) atoms. The molecule has 4 rings (SSSR count). The number of carbonyl (C=O) groups excluding carboxylic acids is 1. The second-order valence-corrected chi connectivity index (χ2v) is 8.49. The Kier molecular flexibility index (Phi) is 5.25. The second-order valence-electron chi connectivity index (χ2n) is 8.49. The minimum Gasteiger partial charge on any atom is -0.367 e. The lowest BCUT2D eigenvalue weighted by molar-refractivity contribution is 0.0938. The maximum atomic E-state index is 13.9. The van der Waals surface area contributed by atoms with Gasteiger partial charge in [0.25, 0.3) is 5.91 Å². The van der Waals surface area contributed by atoms with Gasteiger partial charge >= 0.3 is 0 Å². The molecular weight excluding hydrogens is 374 g/mol. The van der Waals surface area contributed by atoms with Gasteiger partial charge in [-0.25, -0.2) is 8.78 Å². The first-order chi connectivity index (χ1) is 13.8. The van der Waals surface area contributed by atoms with Gasteiger partial charge in [0.1, 0.15) is 11.6 Å². The van der Waals surface area contributed by atoms with Crippen LogP contribution in [0.15, 0.2) is 30.5 Å². The van der Waals surface area contributed by atoms with Gasteiger partial charge in [-0.3, -0.25) is 9.78 Å². The topological polar surface area (TPSA) is 71.2 Å². The molecule has 1 aromatic carbocycles. The fourth-order valence-corrected chi connectivity index (χ4v) is 4.37. The summed E-state index contributed by atoms with van der Waals surface area (Å²) in [6, 6.07) is 5.14. The third-order valence-corrected chi connectivity index (χ3v) is 5.82. The number of hydrogen-bond acceptors (Lipinski definition) is 4. The van der Waals surface area contributed by atoms with E-state index in [1.807, 2.05) is 11.8 Å². The van der Waals surface area contributed by atoms with Crippen LogP contribution in [-0.4, -0.2) is 35.6 Å². The van der Waals surface area contributed by atoms with Crippen molar-refractivity contribution >= 4 is 11.6 Å². The summed E-state index contributed by atoms with van der Waals surface area (Å²) >= 11 is 0. The summed E-state index contributed by atoms with van der Waals surface area (Å²) in [5, 5.41) is 3.11. The van der Waals surface area contributed by atoms with E-state index in [0.717, 1.165) is 38.2 Å². The van der Waals surface area contributed by atoms with Crippen LogP contribution in [0.4, 0.5) is 14.5 Å². The molecule has 3 N–H and O–H groups in total. The molecule has 2 fully saturated rings. The SMILES string of the molecule is C[C@]1(N)CCN(c2c(C(=O)NC3CCCC3)ccnc2-c2cc(F)cc(F)c2)C1. The average molecular weight is 400 g/mol. The number of benzene rings is 1. The van der Waals surface area contributed by atoms with Crippen molar-refractivity contribution in [3.63, 3.8) is 0 Å². The Morgan fingerprint density at radius 2 is 1.93 bits per heavy atom. The maximum Gasteiger partial charge on any atom is 0.253 e. The zero-order valence-electron chi connectivity index (χ0n) is 16.5. The number of carbonyl (C=O) groups is 1. The number of aromatic nitrogens is 1. The Bertz CT molecular complexity index is 905. The predicted molar refractivity (Wildman–Crippen MR) is 109 cm³/mol. The van der Waals surface area contributed by atoms with Crippen molar-refractivity contribution in [1.82, 2.24) is 10.3 Å². The predicted octanol–water partition coefficient (Wildman–Crippen LogP) is 3.63. The van der Waals surface area contributed by atoms with E-state index in [2.05, 4.69) is 10.3 Å². The summed E-state index contributed by atoms with van der Waals surface area (Å²) in [5.41, 5.74) is 7.66. The smallest absolute Gasteiger partial charge is 0.253 e. The van der Waals surface area contributed by atoms with E-state index < -0.39 is 17.2 Å². The van der Waals surface area contributed by atoms with E-state index in [0.29, 0.717) is 35.6 Å². The van der Waals surface area contributed by atoms with Crippen molar-refractivity contribution in [3.8, 4) is 11.3 Å². The summed E-state index contributed by atoms with van der Waals surface area (Å²) in [5.74, 6) is -1.55. The van der Waals surface area contributed by atoms with Crippen molar-refractivity contribution in [2.45, 2.75) is 50.6 Å². The van der Waals surface area contributed by atoms with E-state index in [1.54, 1.807) is 6.07 Å². The van der Waals surface area contributed by atoms with E-state index in [1.165, 1.54) is 18.3 Å². The van der Waals surface area contributed by atoms with E-state index in [9.17, 15) is 13.6 Å². The van der Waals surface area contributed by atoms with Gasteiger partial charge in [0.15, 0.2) is 0 Å². The molecule has 1 aromatic heterocycles. The Hall–Kier alpha value is -2.54. The van der Waals surface area contributed by atoms with Crippen LogP contribution in [0.1, 0.15) is 49.4 Å². The molecule has 1 amide bonds. The molecule has 0 bridgehead atoms. The standard InChI is InChI=1S/C22H26F2N4O/c1-22(25)7-9-28(13-22)20-18(21(29)27-17-4-2-3-5-17)6-8-26-19(20)14-10-15(23)12-16(24)11-14/h6,8,10-12,17H,2-5,7,9,13,25H2,1H3,(H,27,29)/t22-/m0/s1. The molecule has 1 saturated heterocycles. The molecule has 1 aliphatic heterocycles. The van der Waals surface area contributed by atoms with Gasteiger partial charge in [0, 0.05) is 42.5 Å². The lowest BCUT2D eigenvalue weighted by Crippen LogP contribution is -2.40. The molecule has 0 unspecified atom stereocenters. The third-order valence-electron chi connectivity index (χ3n) is 5.82. The summed E-state index contributed by atoms with van der Waals surface area (Å²) in [6.45, 7) is 3.14. The monoisotopic (exact) mass is 400 g/mol. The molecule has 2 aliphatic rings. The van der Waals surface area contributed by atoms with Gasteiger partial charge in [0.2, 0.25) is 0 Å². The number of halogens is 2. The van der Waals surface area contributed by atoms with Gasteiger partial charge in [-0.15, -0.1) is 0 Å². The molecular formula is C22H26F2N4O. The first kappa shape index (κ1) is 19.8. The van der Waals surface area contributed by atoms with Crippen LogP contribution in [-0.2, 0) is 0 Å². The third kappa shape index (κ3) is 4.24. The highest BCUT2D eigenvalue weighted by Crippen LogP contribution is 2.36. The molecule has 7 heteroatoms. The van der Waals surface area contributed by atoms with Crippen molar-refractivity contribution in [1.29, 1.82) is 0 Å². The first-order valence-corrected chi connectivity index (χ1v) is 10.1. The van der Waals surface area contributed by atoms with E-state index >= 15 is 0 Å². The van der Waals surface area contributed by atoms with Crippen LogP contribution >= 0.6 is 0 Å². The Balaban J connectivity index is 1.79. The van der Waals surface area contributed by atoms with Crippen LogP contribution in [0.25, 0.3) is 11.3 Å². The zero-order chi connectivity index (χ0) is 20.6. The second kappa shape index (κ2) is 7.71. The van der Waals surface area contributed by atoms with Crippen molar-refractivity contribution in [2.24, 2.45) is 5.73 Å².